The van der Waals surface area contributed by atoms with E-state index in [0.717, 1.165) is 52.9 Å². The number of benzene rings is 1. The van der Waals surface area contributed by atoms with Gasteiger partial charge in [0.25, 0.3) is 5.91 Å². The highest BCUT2D eigenvalue weighted by Gasteiger charge is 2.15. The molecule has 0 saturated heterocycles. The van der Waals surface area contributed by atoms with Crippen LogP contribution in [0.1, 0.15) is 43.2 Å². The van der Waals surface area contributed by atoms with Crippen molar-refractivity contribution in [1.82, 2.24) is 30.0 Å². The van der Waals surface area contributed by atoms with E-state index in [0.29, 0.717) is 17.2 Å². The van der Waals surface area contributed by atoms with Gasteiger partial charge < -0.3 is 15.5 Å². The topological polar surface area (TPSA) is 109 Å². The van der Waals surface area contributed by atoms with Gasteiger partial charge in [0.2, 0.25) is 0 Å². The monoisotopic (exact) mass is 494 g/mol. The maximum atomic E-state index is 13.0. The first-order valence-corrected chi connectivity index (χ1v) is 12.3. The van der Waals surface area contributed by atoms with Crippen molar-refractivity contribution in [3.8, 4) is 11.3 Å². The standard InChI is InChI=1S/C28H30N8O/c1-28(2,3)33-26-17-29-16-24(31-26)19-5-6-22-21(13-19)15-25(35-34-22)32-27(37)20-7-10-30-23(14-20)18-8-11-36(4)12-9-18/h5-8,10,13-17H,9,11-12H2,1-4H3,(H,31,33)(H,32,35,37). The third kappa shape index (κ3) is 5.95. The number of pyridine rings is 1. The Morgan fingerprint density at radius 1 is 1.00 bits per heavy atom. The maximum Gasteiger partial charge on any atom is 0.256 e. The summed E-state index contributed by atoms with van der Waals surface area (Å²) in [7, 11) is 2.09. The lowest BCUT2D eigenvalue weighted by Gasteiger charge is -2.21. The number of hydrogen-bond acceptors (Lipinski definition) is 8. The fourth-order valence-electron chi connectivity index (χ4n) is 4.15. The van der Waals surface area contributed by atoms with Crippen molar-refractivity contribution in [2.45, 2.75) is 32.7 Å². The molecule has 188 valence electrons. The van der Waals surface area contributed by atoms with Crippen LogP contribution >= 0.6 is 0 Å². The van der Waals surface area contributed by atoms with Gasteiger partial charge in [0, 0.05) is 41.3 Å². The average molecular weight is 495 g/mol. The molecule has 0 unspecified atom stereocenters. The molecule has 0 aliphatic carbocycles. The van der Waals surface area contributed by atoms with Gasteiger partial charge in [-0.25, -0.2) is 4.98 Å². The molecule has 37 heavy (non-hydrogen) atoms. The Balaban J connectivity index is 1.37. The predicted molar refractivity (Wildman–Crippen MR) is 146 cm³/mol. The van der Waals surface area contributed by atoms with Crippen LogP contribution in [0.25, 0.3) is 27.7 Å². The van der Waals surface area contributed by atoms with Crippen molar-refractivity contribution < 1.29 is 4.79 Å². The number of nitrogens with zero attached hydrogens (tertiary/aromatic N) is 6. The summed E-state index contributed by atoms with van der Waals surface area (Å²) in [6.07, 6.45) is 8.19. The minimum Gasteiger partial charge on any atom is -0.364 e. The molecule has 9 nitrogen and oxygen atoms in total. The number of fused-ring (bicyclic) bond motifs is 1. The molecule has 0 bridgehead atoms. The van der Waals surface area contributed by atoms with Crippen molar-refractivity contribution >= 4 is 34.0 Å². The Morgan fingerprint density at radius 2 is 1.86 bits per heavy atom. The van der Waals surface area contributed by atoms with Crippen molar-refractivity contribution in [3.05, 3.63) is 72.3 Å². The number of likely N-dealkylation sites (N-methyl/N-ethyl adjacent to an activating group) is 1. The molecule has 1 aromatic carbocycles. The SMILES string of the molecule is CN1CC=C(c2cc(C(=O)Nc3cc4cc(-c5cncc(NC(C)(C)C)n5)ccc4nn3)ccn2)CC1. The Hall–Kier alpha value is -4.24. The summed E-state index contributed by atoms with van der Waals surface area (Å²) in [5.41, 5.74) is 4.76. The number of nitrogens with one attached hydrogen (secondary N) is 2. The second-order valence-electron chi connectivity index (χ2n) is 10.3. The largest absolute Gasteiger partial charge is 0.364 e. The summed E-state index contributed by atoms with van der Waals surface area (Å²) < 4.78 is 0. The molecule has 0 atom stereocenters. The van der Waals surface area contributed by atoms with Crippen molar-refractivity contribution in [2.24, 2.45) is 0 Å². The number of amides is 1. The molecule has 1 aliphatic heterocycles. The summed E-state index contributed by atoms with van der Waals surface area (Å²) >= 11 is 0. The lowest BCUT2D eigenvalue weighted by molar-refractivity contribution is 0.102. The minimum absolute atomic E-state index is 0.126. The molecule has 4 aromatic rings. The Kier molecular flexibility index (Phi) is 6.62. The number of carbonyl (C=O) groups is 1. The first kappa shape index (κ1) is 24.5. The van der Waals surface area contributed by atoms with Crippen LogP contribution in [0.5, 0.6) is 0 Å². The number of anilines is 2. The third-order valence-corrected chi connectivity index (χ3v) is 6.02. The summed E-state index contributed by atoms with van der Waals surface area (Å²) in [6, 6.07) is 11.2. The fourth-order valence-corrected chi connectivity index (χ4v) is 4.15. The van der Waals surface area contributed by atoms with Gasteiger partial charge in [-0.3, -0.25) is 14.8 Å². The van der Waals surface area contributed by atoms with Gasteiger partial charge >= 0.3 is 0 Å². The van der Waals surface area contributed by atoms with Gasteiger partial charge in [-0.15, -0.1) is 10.2 Å². The molecule has 1 aliphatic rings. The number of carbonyl (C=O) groups excluding carboxylic acids is 1. The van der Waals surface area contributed by atoms with Gasteiger partial charge in [0.15, 0.2) is 5.82 Å². The predicted octanol–water partition coefficient (Wildman–Crippen LogP) is 4.66. The number of rotatable bonds is 5. The normalized spacial score (nSPS) is 14.3. The molecule has 0 fully saturated rings. The zero-order valence-corrected chi connectivity index (χ0v) is 21.5. The quantitative estimate of drug-likeness (QED) is 0.412. The van der Waals surface area contributed by atoms with Gasteiger partial charge in [-0.1, -0.05) is 12.1 Å². The first-order chi connectivity index (χ1) is 17.7. The molecule has 2 N–H and O–H groups in total. The van der Waals surface area contributed by atoms with E-state index in [9.17, 15) is 4.79 Å². The van der Waals surface area contributed by atoms with E-state index >= 15 is 0 Å². The second kappa shape index (κ2) is 10.0. The van der Waals surface area contributed by atoms with Crippen LogP contribution in [-0.2, 0) is 0 Å². The summed E-state index contributed by atoms with van der Waals surface area (Å²) in [6.45, 7) is 8.08. The van der Waals surface area contributed by atoms with Crippen LogP contribution in [0.4, 0.5) is 11.6 Å². The zero-order chi connectivity index (χ0) is 26.0. The lowest BCUT2D eigenvalue weighted by Crippen LogP contribution is -2.26. The minimum atomic E-state index is -0.256. The van der Waals surface area contributed by atoms with Crippen LogP contribution in [0, 0.1) is 0 Å². The van der Waals surface area contributed by atoms with E-state index < -0.39 is 0 Å². The van der Waals surface area contributed by atoms with Crippen molar-refractivity contribution in [3.63, 3.8) is 0 Å². The Bertz CT molecular complexity index is 1490. The van der Waals surface area contributed by atoms with Gasteiger partial charge in [0.1, 0.15) is 5.82 Å². The number of aromatic nitrogens is 5. The molecular weight excluding hydrogens is 464 g/mol. The molecule has 1 amide bonds. The van der Waals surface area contributed by atoms with E-state index in [1.807, 2.05) is 30.3 Å². The molecule has 0 spiro atoms. The molecule has 5 rings (SSSR count). The molecule has 4 heterocycles. The van der Waals surface area contributed by atoms with Gasteiger partial charge in [-0.05, 0) is 70.1 Å². The summed E-state index contributed by atoms with van der Waals surface area (Å²) in [5, 5.41) is 15.5. The van der Waals surface area contributed by atoms with Crippen LogP contribution in [0.3, 0.4) is 0 Å². The molecule has 3 aromatic heterocycles. The third-order valence-electron chi connectivity index (χ3n) is 6.02. The molecule has 0 saturated carbocycles. The smallest absolute Gasteiger partial charge is 0.256 e. The van der Waals surface area contributed by atoms with E-state index in [1.54, 1.807) is 24.7 Å². The van der Waals surface area contributed by atoms with Crippen LogP contribution in [0.15, 0.2) is 61.1 Å². The van der Waals surface area contributed by atoms with E-state index in [2.05, 4.69) is 69.6 Å². The van der Waals surface area contributed by atoms with Crippen molar-refractivity contribution in [2.75, 3.05) is 30.8 Å². The van der Waals surface area contributed by atoms with E-state index in [1.165, 1.54) is 0 Å². The van der Waals surface area contributed by atoms with Crippen molar-refractivity contribution in [1.29, 1.82) is 0 Å². The van der Waals surface area contributed by atoms with E-state index in [4.69, 9.17) is 4.98 Å². The van der Waals surface area contributed by atoms with E-state index in [-0.39, 0.29) is 11.4 Å². The van der Waals surface area contributed by atoms with Crippen LogP contribution in [-0.4, -0.2) is 61.6 Å². The Morgan fingerprint density at radius 3 is 2.65 bits per heavy atom. The molecular formula is C28H30N8O. The highest BCUT2D eigenvalue weighted by Crippen LogP contribution is 2.25. The first-order valence-electron chi connectivity index (χ1n) is 12.3. The van der Waals surface area contributed by atoms with Gasteiger partial charge in [0.05, 0.1) is 29.3 Å². The van der Waals surface area contributed by atoms with Crippen LogP contribution < -0.4 is 10.6 Å². The highest BCUT2D eigenvalue weighted by atomic mass is 16.1. The average Bonchev–Trinajstić information content (AvgIpc) is 2.88. The fraction of sp³-hybridized carbons (Fsp3) is 0.286. The Labute approximate surface area is 216 Å². The van der Waals surface area contributed by atoms with Gasteiger partial charge in [-0.2, -0.15) is 0 Å². The highest BCUT2D eigenvalue weighted by molar-refractivity contribution is 6.04. The number of hydrogen-bond donors (Lipinski definition) is 2. The second-order valence-corrected chi connectivity index (χ2v) is 10.3. The molecule has 0 radical (unpaired) electrons. The summed E-state index contributed by atoms with van der Waals surface area (Å²) in [4.78, 5) is 28.8. The summed E-state index contributed by atoms with van der Waals surface area (Å²) in [5.74, 6) is 0.827. The lowest BCUT2D eigenvalue weighted by atomic mass is 10.0. The van der Waals surface area contributed by atoms with Crippen LogP contribution in [0.2, 0.25) is 0 Å². The molecule has 9 heteroatoms. The maximum absolute atomic E-state index is 13.0. The zero-order valence-electron chi connectivity index (χ0n) is 21.5.